The van der Waals surface area contributed by atoms with E-state index in [-0.39, 0.29) is 5.91 Å². The highest BCUT2D eigenvalue weighted by Crippen LogP contribution is 2.33. The van der Waals surface area contributed by atoms with Gasteiger partial charge in [-0.1, -0.05) is 0 Å². The summed E-state index contributed by atoms with van der Waals surface area (Å²) in [7, 11) is 0. The topological polar surface area (TPSA) is 29.5 Å². The van der Waals surface area contributed by atoms with E-state index in [0.29, 0.717) is 18.1 Å². The number of hydrogen-bond acceptors (Lipinski definition) is 3. The van der Waals surface area contributed by atoms with Crippen molar-refractivity contribution in [1.29, 1.82) is 0 Å². The lowest BCUT2D eigenvalue weighted by atomic mass is 9.93. The fourth-order valence-electron chi connectivity index (χ4n) is 3.09. The summed E-state index contributed by atoms with van der Waals surface area (Å²) in [4.78, 5) is 16.5. The lowest BCUT2D eigenvalue weighted by Crippen LogP contribution is -2.44. The molecule has 0 bridgehead atoms. The molecule has 0 saturated carbocycles. The summed E-state index contributed by atoms with van der Waals surface area (Å²) < 4.78 is 5.87. The molecule has 0 unspecified atom stereocenters. The van der Waals surface area contributed by atoms with Crippen LogP contribution in [0.4, 0.5) is 0 Å². The quantitative estimate of drug-likeness (QED) is 0.781. The lowest BCUT2D eigenvalue weighted by molar-refractivity contribution is 0.00878. The third-order valence-corrected chi connectivity index (χ3v) is 4.93. The van der Waals surface area contributed by atoms with Crippen LogP contribution in [0, 0.1) is 12.8 Å². The van der Waals surface area contributed by atoms with Crippen molar-refractivity contribution >= 4 is 17.2 Å². The standard InChI is InChI=1S/C14H19NO2S/c1-9-7-11-8-15(6-5-12(11)17-9)14(16)13-4-3-10(2)18-13/h3-4,9,11-12H,5-8H2,1-2H3/t9-,11-,12+/m0/s1. The van der Waals surface area contributed by atoms with E-state index in [0.717, 1.165) is 30.8 Å². The monoisotopic (exact) mass is 265 g/mol. The number of nitrogens with zero attached hydrogens (tertiary/aromatic N) is 1. The van der Waals surface area contributed by atoms with E-state index in [4.69, 9.17) is 4.74 Å². The number of rotatable bonds is 1. The second-order valence-electron chi connectivity index (χ2n) is 5.43. The Morgan fingerprint density at radius 3 is 3.06 bits per heavy atom. The first-order valence-corrected chi connectivity index (χ1v) is 7.46. The molecule has 3 nitrogen and oxygen atoms in total. The molecule has 3 rings (SSSR count). The van der Waals surface area contributed by atoms with Crippen LogP contribution in [0.1, 0.15) is 34.3 Å². The number of ether oxygens (including phenoxy) is 1. The van der Waals surface area contributed by atoms with Gasteiger partial charge in [0.25, 0.3) is 5.91 Å². The van der Waals surface area contributed by atoms with Gasteiger partial charge in [0, 0.05) is 23.9 Å². The minimum atomic E-state index is 0.200. The van der Waals surface area contributed by atoms with Gasteiger partial charge in [0.05, 0.1) is 17.1 Å². The third kappa shape index (κ3) is 2.19. The zero-order chi connectivity index (χ0) is 12.7. The molecule has 0 spiro atoms. The first-order chi connectivity index (χ1) is 8.63. The van der Waals surface area contributed by atoms with Crippen molar-refractivity contribution in [2.24, 2.45) is 5.92 Å². The Morgan fingerprint density at radius 2 is 2.33 bits per heavy atom. The number of hydrogen-bond donors (Lipinski definition) is 0. The molecule has 2 saturated heterocycles. The average Bonchev–Trinajstić information content (AvgIpc) is 2.92. The summed E-state index contributed by atoms with van der Waals surface area (Å²) >= 11 is 1.59. The van der Waals surface area contributed by atoms with E-state index in [1.807, 2.05) is 24.0 Å². The predicted molar refractivity (Wildman–Crippen MR) is 72.0 cm³/mol. The number of carbonyl (C=O) groups excluding carboxylic acids is 1. The van der Waals surface area contributed by atoms with Crippen LogP contribution in [0.25, 0.3) is 0 Å². The lowest BCUT2D eigenvalue weighted by Gasteiger charge is -2.33. The second kappa shape index (κ2) is 4.67. The van der Waals surface area contributed by atoms with Gasteiger partial charge in [0.2, 0.25) is 0 Å². The Balaban J connectivity index is 1.69. The number of amides is 1. The van der Waals surface area contributed by atoms with E-state index in [1.165, 1.54) is 4.88 Å². The maximum absolute atomic E-state index is 12.4. The van der Waals surface area contributed by atoms with Gasteiger partial charge in [-0.2, -0.15) is 0 Å². The predicted octanol–water partition coefficient (Wildman–Crippen LogP) is 2.70. The van der Waals surface area contributed by atoms with Gasteiger partial charge in [-0.15, -0.1) is 11.3 Å². The third-order valence-electron chi connectivity index (χ3n) is 3.94. The van der Waals surface area contributed by atoms with Crippen LogP contribution in [-0.4, -0.2) is 36.1 Å². The van der Waals surface area contributed by atoms with Crippen LogP contribution in [0.5, 0.6) is 0 Å². The van der Waals surface area contributed by atoms with Crippen molar-refractivity contribution in [3.63, 3.8) is 0 Å². The van der Waals surface area contributed by atoms with Crippen molar-refractivity contribution in [2.45, 2.75) is 38.9 Å². The summed E-state index contributed by atoms with van der Waals surface area (Å²) in [5.74, 6) is 0.741. The Bertz CT molecular complexity index is 456. The molecule has 2 fully saturated rings. The van der Waals surface area contributed by atoms with E-state index in [2.05, 4.69) is 6.92 Å². The Kier molecular flexibility index (Phi) is 3.16. The smallest absolute Gasteiger partial charge is 0.263 e. The van der Waals surface area contributed by atoms with E-state index < -0.39 is 0 Å². The number of fused-ring (bicyclic) bond motifs is 1. The second-order valence-corrected chi connectivity index (χ2v) is 6.72. The van der Waals surface area contributed by atoms with Gasteiger partial charge < -0.3 is 9.64 Å². The van der Waals surface area contributed by atoms with Gasteiger partial charge in [-0.3, -0.25) is 4.79 Å². The molecular weight excluding hydrogens is 246 g/mol. The summed E-state index contributed by atoms with van der Waals surface area (Å²) in [5.41, 5.74) is 0. The summed E-state index contributed by atoms with van der Waals surface area (Å²) in [6.07, 6.45) is 2.83. The molecule has 1 aromatic rings. The molecule has 1 aromatic heterocycles. The Hall–Kier alpha value is -0.870. The Labute approximate surface area is 112 Å². The fourth-order valence-corrected chi connectivity index (χ4v) is 3.92. The molecule has 1 amide bonds. The highest BCUT2D eigenvalue weighted by molar-refractivity contribution is 7.13. The van der Waals surface area contributed by atoms with E-state index in [1.54, 1.807) is 11.3 Å². The molecule has 0 aliphatic carbocycles. The minimum absolute atomic E-state index is 0.200. The highest BCUT2D eigenvalue weighted by atomic mass is 32.1. The minimum Gasteiger partial charge on any atom is -0.375 e. The first kappa shape index (κ1) is 12.2. The number of piperidine rings is 1. The molecule has 2 aliphatic rings. The highest BCUT2D eigenvalue weighted by Gasteiger charge is 2.38. The van der Waals surface area contributed by atoms with Crippen LogP contribution in [0.15, 0.2) is 12.1 Å². The average molecular weight is 265 g/mol. The van der Waals surface area contributed by atoms with Crippen LogP contribution in [-0.2, 0) is 4.74 Å². The van der Waals surface area contributed by atoms with Crippen molar-refractivity contribution < 1.29 is 9.53 Å². The number of likely N-dealkylation sites (tertiary alicyclic amines) is 1. The molecule has 3 atom stereocenters. The summed E-state index contributed by atoms with van der Waals surface area (Å²) in [6.45, 7) is 5.88. The molecule has 3 heterocycles. The zero-order valence-electron chi connectivity index (χ0n) is 10.9. The first-order valence-electron chi connectivity index (χ1n) is 6.64. The molecule has 18 heavy (non-hydrogen) atoms. The SMILES string of the molecule is Cc1ccc(C(=O)N2CC[C@H]3O[C@@H](C)C[C@H]3C2)s1. The number of thiophene rings is 1. The normalized spacial score (nSPS) is 31.4. The van der Waals surface area contributed by atoms with Crippen molar-refractivity contribution in [1.82, 2.24) is 4.90 Å². The number of aryl methyl sites for hydroxylation is 1. The Morgan fingerprint density at radius 1 is 1.50 bits per heavy atom. The number of carbonyl (C=O) groups is 1. The maximum atomic E-state index is 12.4. The maximum Gasteiger partial charge on any atom is 0.263 e. The summed E-state index contributed by atoms with van der Waals surface area (Å²) in [5, 5.41) is 0. The fraction of sp³-hybridized carbons (Fsp3) is 0.643. The van der Waals surface area contributed by atoms with E-state index >= 15 is 0 Å². The van der Waals surface area contributed by atoms with Gasteiger partial charge >= 0.3 is 0 Å². The molecule has 2 aliphatic heterocycles. The summed E-state index contributed by atoms with van der Waals surface area (Å²) in [6, 6.07) is 3.97. The van der Waals surface area contributed by atoms with E-state index in [9.17, 15) is 4.79 Å². The van der Waals surface area contributed by atoms with Crippen LogP contribution in [0.3, 0.4) is 0 Å². The van der Waals surface area contributed by atoms with Crippen molar-refractivity contribution in [3.8, 4) is 0 Å². The molecule has 0 N–H and O–H groups in total. The molecule has 98 valence electrons. The largest absolute Gasteiger partial charge is 0.375 e. The van der Waals surface area contributed by atoms with Crippen LogP contribution >= 0.6 is 11.3 Å². The van der Waals surface area contributed by atoms with Crippen LogP contribution in [0.2, 0.25) is 0 Å². The van der Waals surface area contributed by atoms with Gasteiger partial charge in [-0.25, -0.2) is 0 Å². The molecule has 4 heteroatoms. The molecule has 0 radical (unpaired) electrons. The molecule has 0 aromatic carbocycles. The van der Waals surface area contributed by atoms with Crippen molar-refractivity contribution in [3.05, 3.63) is 21.9 Å². The van der Waals surface area contributed by atoms with Gasteiger partial charge in [-0.05, 0) is 38.8 Å². The molecular formula is C14H19NO2S. The van der Waals surface area contributed by atoms with Gasteiger partial charge in [0.1, 0.15) is 0 Å². The zero-order valence-corrected chi connectivity index (χ0v) is 11.7. The van der Waals surface area contributed by atoms with Gasteiger partial charge in [0.15, 0.2) is 0 Å². The van der Waals surface area contributed by atoms with Crippen LogP contribution < -0.4 is 0 Å². The van der Waals surface area contributed by atoms with Crippen molar-refractivity contribution in [2.75, 3.05) is 13.1 Å².